The summed E-state index contributed by atoms with van der Waals surface area (Å²) < 4.78 is 13.1. The lowest BCUT2D eigenvalue weighted by Crippen LogP contribution is -2.16. The molecule has 2 aromatic rings. The molecule has 0 spiro atoms. The molecule has 0 fully saturated rings. The van der Waals surface area contributed by atoms with Crippen molar-refractivity contribution in [1.29, 1.82) is 0 Å². The Kier molecular flexibility index (Phi) is 5.91. The fraction of sp³-hybridized carbons (Fsp3) is 0.333. The average molecular weight is 324 g/mol. The lowest BCUT2D eigenvalue weighted by molar-refractivity contribution is 0.405. The fourth-order valence-corrected chi connectivity index (χ4v) is 2.04. The predicted octanol–water partition coefficient (Wildman–Crippen LogP) is 3.38. The Balaban J connectivity index is 1.94. The van der Waals surface area contributed by atoms with E-state index < -0.39 is 5.82 Å². The molecule has 0 aliphatic heterocycles. The van der Waals surface area contributed by atoms with Crippen LogP contribution >= 0.6 is 11.6 Å². The molecule has 0 radical (unpaired) electrons. The van der Waals surface area contributed by atoms with E-state index in [2.05, 4.69) is 25.5 Å². The minimum atomic E-state index is -0.446. The molecule has 0 aliphatic rings. The molecule has 1 aromatic heterocycles. The first kappa shape index (κ1) is 16.5. The molecule has 0 saturated carbocycles. The molecule has 0 bridgehead atoms. The van der Waals surface area contributed by atoms with Gasteiger partial charge in [0.15, 0.2) is 0 Å². The molecular formula is C15H19ClFN5. The summed E-state index contributed by atoms with van der Waals surface area (Å²) in [6, 6.07) is 6.23. The zero-order valence-corrected chi connectivity index (χ0v) is 13.4. The van der Waals surface area contributed by atoms with E-state index in [0.29, 0.717) is 11.5 Å². The van der Waals surface area contributed by atoms with Gasteiger partial charge in [-0.1, -0.05) is 11.6 Å². The van der Waals surface area contributed by atoms with Gasteiger partial charge in [0.05, 0.1) is 5.02 Å². The molecule has 22 heavy (non-hydrogen) atoms. The molecule has 0 aliphatic carbocycles. The van der Waals surface area contributed by atoms with E-state index in [1.807, 2.05) is 14.1 Å². The molecule has 1 heterocycles. The smallest absolute Gasteiger partial charge is 0.141 e. The van der Waals surface area contributed by atoms with E-state index in [0.717, 1.165) is 25.3 Å². The van der Waals surface area contributed by atoms with Crippen LogP contribution in [0, 0.1) is 5.82 Å². The van der Waals surface area contributed by atoms with E-state index in [-0.39, 0.29) is 5.02 Å². The summed E-state index contributed by atoms with van der Waals surface area (Å²) in [5, 5.41) is 6.38. The Bertz CT molecular complexity index is 621. The third kappa shape index (κ3) is 5.13. The summed E-state index contributed by atoms with van der Waals surface area (Å²) in [7, 11) is 4.08. The topological polar surface area (TPSA) is 53.1 Å². The maximum absolute atomic E-state index is 13.1. The number of hydrogen-bond donors (Lipinski definition) is 2. The number of anilines is 3. The van der Waals surface area contributed by atoms with Crippen LogP contribution in [0.4, 0.5) is 21.7 Å². The average Bonchev–Trinajstić information content (AvgIpc) is 2.48. The van der Waals surface area contributed by atoms with E-state index in [9.17, 15) is 4.39 Å². The monoisotopic (exact) mass is 323 g/mol. The van der Waals surface area contributed by atoms with Crippen molar-refractivity contribution in [1.82, 2.24) is 14.9 Å². The second-order valence-corrected chi connectivity index (χ2v) is 5.53. The van der Waals surface area contributed by atoms with Crippen LogP contribution < -0.4 is 10.6 Å². The van der Waals surface area contributed by atoms with Gasteiger partial charge in [-0.25, -0.2) is 14.4 Å². The minimum absolute atomic E-state index is 0.0705. The zero-order valence-electron chi connectivity index (χ0n) is 12.6. The molecule has 0 amide bonds. The van der Waals surface area contributed by atoms with E-state index in [1.54, 1.807) is 12.1 Å². The van der Waals surface area contributed by atoms with Crippen molar-refractivity contribution in [2.75, 3.05) is 37.8 Å². The Hall–Kier alpha value is -1.92. The third-order valence-electron chi connectivity index (χ3n) is 2.95. The van der Waals surface area contributed by atoms with Gasteiger partial charge < -0.3 is 15.5 Å². The van der Waals surface area contributed by atoms with Crippen LogP contribution in [-0.4, -0.2) is 42.1 Å². The van der Waals surface area contributed by atoms with Gasteiger partial charge in [-0.3, -0.25) is 0 Å². The first-order chi connectivity index (χ1) is 10.5. The summed E-state index contributed by atoms with van der Waals surface area (Å²) in [6.07, 6.45) is 2.50. The van der Waals surface area contributed by atoms with Crippen LogP contribution in [0.3, 0.4) is 0 Å². The van der Waals surface area contributed by atoms with Gasteiger partial charge in [0.2, 0.25) is 0 Å². The van der Waals surface area contributed by atoms with Crippen LogP contribution in [0.15, 0.2) is 30.6 Å². The van der Waals surface area contributed by atoms with Crippen molar-refractivity contribution in [2.45, 2.75) is 6.42 Å². The third-order valence-corrected chi connectivity index (χ3v) is 3.24. The Labute approximate surface area is 134 Å². The highest BCUT2D eigenvalue weighted by molar-refractivity contribution is 6.31. The summed E-state index contributed by atoms with van der Waals surface area (Å²) in [4.78, 5) is 10.4. The maximum Gasteiger partial charge on any atom is 0.141 e. The number of hydrogen-bond acceptors (Lipinski definition) is 5. The number of aromatic nitrogens is 2. The highest BCUT2D eigenvalue weighted by Gasteiger charge is 2.03. The Morgan fingerprint density at radius 2 is 1.95 bits per heavy atom. The fourth-order valence-electron chi connectivity index (χ4n) is 1.86. The molecule has 7 heteroatoms. The predicted molar refractivity (Wildman–Crippen MR) is 88.4 cm³/mol. The molecule has 2 rings (SSSR count). The normalized spacial score (nSPS) is 10.8. The Morgan fingerprint density at radius 3 is 2.68 bits per heavy atom. The van der Waals surface area contributed by atoms with Crippen LogP contribution in [0.2, 0.25) is 5.02 Å². The minimum Gasteiger partial charge on any atom is -0.370 e. The first-order valence-electron chi connectivity index (χ1n) is 6.97. The summed E-state index contributed by atoms with van der Waals surface area (Å²) in [6.45, 7) is 1.84. The first-order valence-corrected chi connectivity index (χ1v) is 7.35. The van der Waals surface area contributed by atoms with Crippen LogP contribution in [-0.2, 0) is 0 Å². The number of benzene rings is 1. The number of halogens is 2. The van der Waals surface area contributed by atoms with Crippen molar-refractivity contribution in [3.8, 4) is 0 Å². The van der Waals surface area contributed by atoms with Crippen molar-refractivity contribution in [3.05, 3.63) is 41.4 Å². The quantitative estimate of drug-likeness (QED) is 0.765. The van der Waals surface area contributed by atoms with Crippen molar-refractivity contribution < 1.29 is 4.39 Å². The summed E-state index contributed by atoms with van der Waals surface area (Å²) in [5.74, 6) is 0.912. The molecule has 0 atom stereocenters. The Morgan fingerprint density at radius 1 is 1.18 bits per heavy atom. The van der Waals surface area contributed by atoms with Crippen molar-refractivity contribution >= 4 is 28.9 Å². The molecule has 118 valence electrons. The number of nitrogens with zero attached hydrogens (tertiary/aromatic N) is 3. The zero-order chi connectivity index (χ0) is 15.9. The second-order valence-electron chi connectivity index (χ2n) is 5.13. The van der Waals surface area contributed by atoms with Gasteiger partial charge in [0.1, 0.15) is 23.8 Å². The number of nitrogens with one attached hydrogen (secondary N) is 2. The second kappa shape index (κ2) is 7.91. The van der Waals surface area contributed by atoms with Gasteiger partial charge >= 0.3 is 0 Å². The molecule has 2 N–H and O–H groups in total. The maximum atomic E-state index is 13.1. The van der Waals surface area contributed by atoms with Crippen molar-refractivity contribution in [2.24, 2.45) is 0 Å². The lowest BCUT2D eigenvalue weighted by Gasteiger charge is -2.11. The molecule has 5 nitrogen and oxygen atoms in total. The molecular weight excluding hydrogens is 305 g/mol. The van der Waals surface area contributed by atoms with Gasteiger partial charge in [-0.2, -0.15) is 0 Å². The standard InChI is InChI=1S/C15H19ClFN5/c1-22(2)7-3-6-18-14-9-15(20-10-19-14)21-11-4-5-13(17)12(16)8-11/h4-5,8-10H,3,6-7H2,1-2H3,(H2,18,19,20,21). The summed E-state index contributed by atoms with van der Waals surface area (Å²) >= 11 is 5.76. The van der Waals surface area contributed by atoms with E-state index >= 15 is 0 Å². The van der Waals surface area contributed by atoms with Crippen molar-refractivity contribution in [3.63, 3.8) is 0 Å². The van der Waals surface area contributed by atoms with Gasteiger partial charge in [-0.15, -0.1) is 0 Å². The lowest BCUT2D eigenvalue weighted by atomic mass is 10.3. The largest absolute Gasteiger partial charge is 0.370 e. The van der Waals surface area contributed by atoms with Gasteiger partial charge in [0, 0.05) is 18.3 Å². The number of rotatable bonds is 7. The molecule has 1 aromatic carbocycles. The molecule has 0 unspecified atom stereocenters. The summed E-state index contributed by atoms with van der Waals surface area (Å²) in [5.41, 5.74) is 0.670. The van der Waals surface area contributed by atoms with Gasteiger partial charge in [0.25, 0.3) is 0 Å². The van der Waals surface area contributed by atoms with E-state index in [1.165, 1.54) is 18.5 Å². The highest BCUT2D eigenvalue weighted by Crippen LogP contribution is 2.22. The van der Waals surface area contributed by atoms with E-state index in [4.69, 9.17) is 11.6 Å². The molecule has 0 saturated heterocycles. The van der Waals surface area contributed by atoms with Crippen LogP contribution in [0.5, 0.6) is 0 Å². The highest BCUT2D eigenvalue weighted by atomic mass is 35.5. The van der Waals surface area contributed by atoms with Crippen LogP contribution in [0.1, 0.15) is 6.42 Å². The SMILES string of the molecule is CN(C)CCCNc1cc(Nc2ccc(F)c(Cl)c2)ncn1. The van der Waals surface area contributed by atoms with Gasteiger partial charge in [-0.05, 0) is 45.3 Å². The van der Waals surface area contributed by atoms with Crippen LogP contribution in [0.25, 0.3) is 0 Å².